The Morgan fingerprint density at radius 1 is 1.19 bits per heavy atom. The van der Waals surface area contributed by atoms with Crippen LogP contribution < -0.4 is 4.90 Å². The fraction of sp³-hybridized carbons (Fsp3) is 0.421. The minimum Gasteiger partial charge on any atom is -0.481 e. The molecule has 2 atom stereocenters. The van der Waals surface area contributed by atoms with Gasteiger partial charge in [-0.05, 0) is 25.0 Å². The van der Waals surface area contributed by atoms with Crippen molar-refractivity contribution in [3.05, 3.63) is 52.8 Å². The van der Waals surface area contributed by atoms with Gasteiger partial charge in [-0.25, -0.2) is 9.97 Å². The van der Waals surface area contributed by atoms with Gasteiger partial charge in [0.25, 0.3) is 0 Å². The zero-order chi connectivity index (χ0) is 18.7. The Hall–Kier alpha value is -2.18. The second-order valence-electron chi connectivity index (χ2n) is 6.87. The van der Waals surface area contributed by atoms with E-state index in [0.29, 0.717) is 23.1 Å². The van der Waals surface area contributed by atoms with E-state index >= 15 is 0 Å². The average molecular weight is 375 g/mol. The summed E-state index contributed by atoms with van der Waals surface area (Å²) in [5.41, 5.74) is 1.97. The van der Waals surface area contributed by atoms with Crippen LogP contribution in [-0.2, 0) is 17.8 Å². The van der Waals surface area contributed by atoms with Crippen molar-refractivity contribution in [3.63, 3.8) is 0 Å². The fourth-order valence-corrected chi connectivity index (χ4v) is 3.62. The van der Waals surface area contributed by atoms with Gasteiger partial charge in [-0.3, -0.25) is 9.69 Å². The monoisotopic (exact) mass is 374 g/mol. The van der Waals surface area contributed by atoms with E-state index in [1.807, 2.05) is 18.2 Å². The maximum atomic E-state index is 10.9. The summed E-state index contributed by atoms with van der Waals surface area (Å²) in [6.07, 6.45) is 3.31. The molecule has 0 saturated carbocycles. The third-order valence-corrected chi connectivity index (χ3v) is 4.90. The van der Waals surface area contributed by atoms with Crippen molar-refractivity contribution in [2.45, 2.75) is 38.9 Å². The number of hydrogen-bond acceptors (Lipinski definition) is 5. The van der Waals surface area contributed by atoms with Crippen LogP contribution >= 0.6 is 11.6 Å². The summed E-state index contributed by atoms with van der Waals surface area (Å²) in [6.45, 7) is 6.85. The Balaban J connectivity index is 1.68. The molecule has 0 bridgehead atoms. The predicted octanol–water partition coefficient (Wildman–Crippen LogP) is 2.86. The summed E-state index contributed by atoms with van der Waals surface area (Å²) < 4.78 is 0. The number of carbonyl (C=O) groups is 1. The number of anilines is 1. The number of aliphatic carboxylic acids is 1. The van der Waals surface area contributed by atoms with Gasteiger partial charge in [-0.2, -0.15) is 0 Å². The second kappa shape index (κ2) is 8.01. The number of aromatic nitrogens is 2. The largest absolute Gasteiger partial charge is 0.481 e. The van der Waals surface area contributed by atoms with E-state index in [1.165, 1.54) is 0 Å². The Labute approximate surface area is 158 Å². The lowest BCUT2D eigenvalue weighted by molar-refractivity contribution is -0.136. The molecule has 0 unspecified atom stereocenters. The minimum absolute atomic E-state index is 0.0562. The standard InChI is InChI=1S/C19H23ClN4O2/c1-13-10-23(19-21-8-17(20)9-22-19)11-14(2)24(13)12-16-5-3-4-15(6-16)7-18(25)26/h3-6,8-9,13-14H,7,10-12H2,1-2H3,(H,25,26)/t13-,14+. The molecule has 1 aromatic carbocycles. The van der Waals surface area contributed by atoms with E-state index < -0.39 is 5.97 Å². The van der Waals surface area contributed by atoms with E-state index in [1.54, 1.807) is 12.4 Å². The van der Waals surface area contributed by atoms with Crippen LogP contribution in [0.5, 0.6) is 0 Å². The molecule has 1 aromatic heterocycles. The molecule has 0 spiro atoms. The van der Waals surface area contributed by atoms with Crippen molar-refractivity contribution in [1.82, 2.24) is 14.9 Å². The highest BCUT2D eigenvalue weighted by molar-refractivity contribution is 6.30. The Kier molecular flexibility index (Phi) is 5.74. The Morgan fingerprint density at radius 3 is 2.42 bits per heavy atom. The Morgan fingerprint density at radius 2 is 1.81 bits per heavy atom. The summed E-state index contributed by atoms with van der Waals surface area (Å²) in [4.78, 5) is 24.2. The zero-order valence-electron chi connectivity index (χ0n) is 15.0. The van der Waals surface area contributed by atoms with Crippen LogP contribution in [0.3, 0.4) is 0 Å². The number of hydrogen-bond donors (Lipinski definition) is 1. The molecule has 1 N–H and O–H groups in total. The maximum Gasteiger partial charge on any atom is 0.307 e. The fourth-order valence-electron chi connectivity index (χ4n) is 3.52. The molecule has 1 saturated heterocycles. The van der Waals surface area contributed by atoms with Crippen LogP contribution in [0.15, 0.2) is 36.7 Å². The number of halogens is 1. The number of piperazine rings is 1. The summed E-state index contributed by atoms with van der Waals surface area (Å²) in [7, 11) is 0. The molecule has 6 nitrogen and oxygen atoms in total. The van der Waals surface area contributed by atoms with Crippen LogP contribution in [0.1, 0.15) is 25.0 Å². The number of carboxylic acid groups (broad SMARTS) is 1. The van der Waals surface area contributed by atoms with Gasteiger partial charge in [-0.1, -0.05) is 35.9 Å². The lowest BCUT2D eigenvalue weighted by Crippen LogP contribution is -2.56. The smallest absolute Gasteiger partial charge is 0.307 e. The van der Waals surface area contributed by atoms with E-state index in [0.717, 1.165) is 30.8 Å². The van der Waals surface area contributed by atoms with Gasteiger partial charge >= 0.3 is 5.97 Å². The van der Waals surface area contributed by atoms with Gasteiger partial charge in [0.15, 0.2) is 0 Å². The molecule has 3 rings (SSSR count). The summed E-state index contributed by atoms with van der Waals surface area (Å²) in [6, 6.07) is 8.48. The molecular formula is C19H23ClN4O2. The summed E-state index contributed by atoms with van der Waals surface area (Å²) in [5.74, 6) is -0.100. The van der Waals surface area contributed by atoms with Crippen molar-refractivity contribution in [2.24, 2.45) is 0 Å². The van der Waals surface area contributed by atoms with Crippen LogP contribution in [0.2, 0.25) is 5.02 Å². The number of carboxylic acids is 1. The first kappa shape index (κ1) is 18.6. The first-order valence-corrected chi connectivity index (χ1v) is 9.08. The zero-order valence-corrected chi connectivity index (χ0v) is 15.7. The van der Waals surface area contributed by atoms with Crippen molar-refractivity contribution >= 4 is 23.5 Å². The molecule has 1 aliphatic heterocycles. The van der Waals surface area contributed by atoms with Crippen LogP contribution in [0, 0.1) is 0 Å². The highest BCUT2D eigenvalue weighted by Gasteiger charge is 2.30. The quantitative estimate of drug-likeness (QED) is 0.867. The predicted molar refractivity (Wildman–Crippen MR) is 102 cm³/mol. The Bertz CT molecular complexity index is 756. The van der Waals surface area contributed by atoms with Gasteiger partial charge in [0.05, 0.1) is 23.8 Å². The normalized spacial score (nSPS) is 21.0. The van der Waals surface area contributed by atoms with E-state index in [9.17, 15) is 4.79 Å². The number of nitrogens with zero attached hydrogens (tertiary/aromatic N) is 4. The molecule has 7 heteroatoms. The summed E-state index contributed by atoms with van der Waals surface area (Å²) in [5, 5.41) is 9.52. The summed E-state index contributed by atoms with van der Waals surface area (Å²) >= 11 is 5.88. The molecular weight excluding hydrogens is 352 g/mol. The van der Waals surface area contributed by atoms with Gasteiger partial charge < -0.3 is 10.0 Å². The van der Waals surface area contributed by atoms with E-state index in [4.69, 9.17) is 16.7 Å². The van der Waals surface area contributed by atoms with E-state index in [2.05, 4.69) is 39.7 Å². The molecule has 1 aliphatic rings. The molecule has 0 amide bonds. The lowest BCUT2D eigenvalue weighted by Gasteiger charge is -2.44. The minimum atomic E-state index is -0.805. The van der Waals surface area contributed by atoms with Crippen LogP contribution in [-0.4, -0.2) is 51.1 Å². The van der Waals surface area contributed by atoms with Gasteiger partial charge in [0.1, 0.15) is 0 Å². The molecule has 0 aliphatic carbocycles. The SMILES string of the molecule is C[C@@H]1CN(c2ncc(Cl)cn2)C[C@H](C)N1Cc1cccc(CC(=O)O)c1. The third kappa shape index (κ3) is 4.51. The molecule has 0 radical (unpaired) electrons. The van der Waals surface area contributed by atoms with Crippen molar-refractivity contribution in [1.29, 1.82) is 0 Å². The third-order valence-electron chi connectivity index (χ3n) is 4.70. The van der Waals surface area contributed by atoms with E-state index in [-0.39, 0.29) is 6.42 Å². The lowest BCUT2D eigenvalue weighted by atomic mass is 10.0. The molecule has 2 aromatic rings. The van der Waals surface area contributed by atoms with Crippen LogP contribution in [0.4, 0.5) is 5.95 Å². The second-order valence-corrected chi connectivity index (χ2v) is 7.30. The number of benzene rings is 1. The highest BCUT2D eigenvalue weighted by Crippen LogP contribution is 2.22. The highest BCUT2D eigenvalue weighted by atomic mass is 35.5. The van der Waals surface area contributed by atoms with Gasteiger partial charge in [-0.15, -0.1) is 0 Å². The first-order chi connectivity index (χ1) is 12.4. The number of rotatable bonds is 5. The first-order valence-electron chi connectivity index (χ1n) is 8.70. The van der Waals surface area contributed by atoms with Crippen molar-refractivity contribution in [3.8, 4) is 0 Å². The van der Waals surface area contributed by atoms with Crippen LogP contribution in [0.25, 0.3) is 0 Å². The molecule has 138 valence electrons. The maximum absolute atomic E-state index is 10.9. The molecule has 26 heavy (non-hydrogen) atoms. The van der Waals surface area contributed by atoms with Gasteiger partial charge in [0.2, 0.25) is 5.95 Å². The average Bonchev–Trinajstić information content (AvgIpc) is 2.58. The van der Waals surface area contributed by atoms with Crippen molar-refractivity contribution < 1.29 is 9.90 Å². The topological polar surface area (TPSA) is 69.6 Å². The van der Waals surface area contributed by atoms with Gasteiger partial charge in [0, 0.05) is 31.7 Å². The molecule has 2 heterocycles. The molecule has 1 fully saturated rings. The van der Waals surface area contributed by atoms with Crippen molar-refractivity contribution in [2.75, 3.05) is 18.0 Å².